The second kappa shape index (κ2) is 6.01. The van der Waals surface area contributed by atoms with Crippen LogP contribution in [0.3, 0.4) is 0 Å². The van der Waals surface area contributed by atoms with Crippen LogP contribution in [0, 0.1) is 13.8 Å². The molecule has 1 aliphatic rings. The fourth-order valence-corrected chi connectivity index (χ4v) is 2.37. The highest BCUT2D eigenvalue weighted by Gasteiger charge is 2.19. The second-order valence-electron chi connectivity index (χ2n) is 5.15. The average molecular weight is 246 g/mol. The molecule has 3 heteroatoms. The van der Waals surface area contributed by atoms with Gasteiger partial charge in [-0.2, -0.15) is 0 Å². The molecule has 0 spiro atoms. The summed E-state index contributed by atoms with van der Waals surface area (Å²) >= 11 is 0. The number of hydrogen-bond acceptors (Lipinski definition) is 2. The Kier molecular flexibility index (Phi) is 4.37. The third kappa shape index (κ3) is 3.33. The smallest absolute Gasteiger partial charge is 0.237 e. The lowest BCUT2D eigenvalue weighted by molar-refractivity contribution is -0.123. The number of piperidine rings is 1. The SMILES string of the molecule is Cc1ccc(C)c(CNC(=O)C2CCCCN2)c1. The molecule has 2 N–H and O–H groups in total. The molecule has 1 aromatic carbocycles. The van der Waals surface area contributed by atoms with Gasteiger partial charge in [-0.3, -0.25) is 4.79 Å². The molecule has 0 saturated carbocycles. The van der Waals surface area contributed by atoms with E-state index in [9.17, 15) is 4.79 Å². The Hall–Kier alpha value is -1.35. The standard InChI is InChI=1S/C15H22N2O/c1-11-6-7-12(2)13(9-11)10-17-15(18)14-5-3-4-8-16-14/h6-7,9,14,16H,3-5,8,10H2,1-2H3,(H,17,18). The first-order chi connectivity index (χ1) is 8.66. The van der Waals surface area contributed by atoms with E-state index in [4.69, 9.17) is 0 Å². The Morgan fingerprint density at radius 2 is 2.22 bits per heavy atom. The summed E-state index contributed by atoms with van der Waals surface area (Å²) < 4.78 is 0. The predicted octanol–water partition coefficient (Wildman–Crippen LogP) is 2.06. The van der Waals surface area contributed by atoms with Crippen molar-refractivity contribution in [1.82, 2.24) is 10.6 Å². The zero-order valence-electron chi connectivity index (χ0n) is 11.3. The number of benzene rings is 1. The lowest BCUT2D eigenvalue weighted by Crippen LogP contribution is -2.46. The molecule has 1 atom stereocenters. The Balaban J connectivity index is 1.90. The van der Waals surface area contributed by atoms with Crippen LogP contribution >= 0.6 is 0 Å². The highest BCUT2D eigenvalue weighted by atomic mass is 16.2. The zero-order valence-corrected chi connectivity index (χ0v) is 11.3. The van der Waals surface area contributed by atoms with E-state index in [-0.39, 0.29) is 11.9 Å². The fraction of sp³-hybridized carbons (Fsp3) is 0.533. The van der Waals surface area contributed by atoms with Crippen LogP contribution in [0.25, 0.3) is 0 Å². The molecule has 2 rings (SSSR count). The van der Waals surface area contributed by atoms with Gasteiger partial charge in [-0.1, -0.05) is 30.2 Å². The number of rotatable bonds is 3. The minimum absolute atomic E-state index is 0.00358. The van der Waals surface area contributed by atoms with Crippen molar-refractivity contribution in [2.24, 2.45) is 0 Å². The van der Waals surface area contributed by atoms with Crippen molar-refractivity contribution in [2.45, 2.75) is 45.7 Å². The first-order valence-electron chi connectivity index (χ1n) is 6.74. The maximum atomic E-state index is 12.0. The normalized spacial score (nSPS) is 19.6. The quantitative estimate of drug-likeness (QED) is 0.857. The summed E-state index contributed by atoms with van der Waals surface area (Å²) in [7, 11) is 0. The minimum atomic E-state index is 0.00358. The van der Waals surface area contributed by atoms with Crippen LogP contribution in [0.5, 0.6) is 0 Å². The maximum Gasteiger partial charge on any atom is 0.237 e. The average Bonchev–Trinajstić information content (AvgIpc) is 2.40. The third-order valence-corrected chi connectivity index (χ3v) is 3.58. The number of carbonyl (C=O) groups excluding carboxylic acids is 1. The summed E-state index contributed by atoms with van der Waals surface area (Å²) in [5.74, 6) is 0.135. The van der Waals surface area contributed by atoms with Gasteiger partial charge in [0.15, 0.2) is 0 Å². The second-order valence-corrected chi connectivity index (χ2v) is 5.15. The molecule has 1 fully saturated rings. The molecule has 0 radical (unpaired) electrons. The Bertz CT molecular complexity index is 423. The molecular weight excluding hydrogens is 224 g/mol. The van der Waals surface area contributed by atoms with Crippen molar-refractivity contribution in [3.8, 4) is 0 Å². The van der Waals surface area contributed by atoms with Gasteiger partial charge in [0.2, 0.25) is 5.91 Å². The first kappa shape index (κ1) is 13.1. The van der Waals surface area contributed by atoms with Gasteiger partial charge in [-0.15, -0.1) is 0 Å². The Morgan fingerprint density at radius 3 is 2.94 bits per heavy atom. The summed E-state index contributed by atoms with van der Waals surface area (Å²) in [6.45, 7) is 5.75. The first-order valence-corrected chi connectivity index (χ1v) is 6.74. The van der Waals surface area contributed by atoms with Crippen molar-refractivity contribution in [1.29, 1.82) is 0 Å². The van der Waals surface area contributed by atoms with E-state index >= 15 is 0 Å². The van der Waals surface area contributed by atoms with Crippen molar-refractivity contribution < 1.29 is 4.79 Å². The highest BCUT2D eigenvalue weighted by Crippen LogP contribution is 2.11. The van der Waals surface area contributed by atoms with Gasteiger partial charge in [0, 0.05) is 6.54 Å². The predicted molar refractivity (Wildman–Crippen MR) is 73.4 cm³/mol. The van der Waals surface area contributed by atoms with Gasteiger partial charge in [0.25, 0.3) is 0 Å². The number of aryl methyl sites for hydroxylation is 2. The minimum Gasteiger partial charge on any atom is -0.351 e. The molecule has 0 bridgehead atoms. The molecule has 1 aliphatic heterocycles. The summed E-state index contributed by atoms with van der Waals surface area (Å²) in [4.78, 5) is 12.0. The number of hydrogen-bond donors (Lipinski definition) is 2. The van der Waals surface area contributed by atoms with Crippen molar-refractivity contribution in [3.05, 3.63) is 34.9 Å². The molecule has 1 aromatic rings. The molecule has 1 heterocycles. The molecule has 0 aliphatic carbocycles. The van der Waals surface area contributed by atoms with Gasteiger partial charge >= 0.3 is 0 Å². The van der Waals surface area contributed by atoms with E-state index in [1.54, 1.807) is 0 Å². The van der Waals surface area contributed by atoms with E-state index in [1.165, 1.54) is 23.1 Å². The zero-order chi connectivity index (χ0) is 13.0. The fourth-order valence-electron chi connectivity index (χ4n) is 2.37. The topological polar surface area (TPSA) is 41.1 Å². The molecular formula is C15H22N2O. The van der Waals surface area contributed by atoms with Crippen LogP contribution < -0.4 is 10.6 Å². The lowest BCUT2D eigenvalue weighted by Gasteiger charge is -2.22. The molecule has 18 heavy (non-hydrogen) atoms. The molecule has 3 nitrogen and oxygen atoms in total. The summed E-state index contributed by atoms with van der Waals surface area (Å²) in [6.07, 6.45) is 3.29. The summed E-state index contributed by atoms with van der Waals surface area (Å²) in [5.41, 5.74) is 3.68. The van der Waals surface area contributed by atoms with Crippen LogP contribution in [-0.2, 0) is 11.3 Å². The van der Waals surface area contributed by atoms with Gasteiger partial charge in [0.1, 0.15) is 0 Å². The van der Waals surface area contributed by atoms with Gasteiger partial charge < -0.3 is 10.6 Å². The van der Waals surface area contributed by atoms with Crippen LogP contribution in [0.2, 0.25) is 0 Å². The Labute approximate surface area is 109 Å². The number of nitrogens with one attached hydrogen (secondary N) is 2. The summed E-state index contributed by atoms with van der Waals surface area (Å²) in [6, 6.07) is 6.35. The van der Waals surface area contributed by atoms with Crippen LogP contribution in [-0.4, -0.2) is 18.5 Å². The molecule has 1 amide bonds. The summed E-state index contributed by atoms with van der Waals surface area (Å²) in [5, 5.41) is 6.30. The maximum absolute atomic E-state index is 12.0. The van der Waals surface area contributed by atoms with Gasteiger partial charge in [-0.05, 0) is 44.4 Å². The van der Waals surface area contributed by atoms with E-state index in [0.717, 1.165) is 19.4 Å². The lowest BCUT2D eigenvalue weighted by atomic mass is 10.0. The van der Waals surface area contributed by atoms with E-state index in [1.807, 2.05) is 0 Å². The van der Waals surface area contributed by atoms with Crippen LogP contribution in [0.4, 0.5) is 0 Å². The molecule has 98 valence electrons. The third-order valence-electron chi connectivity index (χ3n) is 3.58. The molecule has 0 aromatic heterocycles. The highest BCUT2D eigenvalue weighted by molar-refractivity contribution is 5.81. The number of amides is 1. The van der Waals surface area contributed by atoms with E-state index in [0.29, 0.717) is 6.54 Å². The molecule has 1 unspecified atom stereocenters. The Morgan fingerprint density at radius 1 is 1.39 bits per heavy atom. The monoisotopic (exact) mass is 246 g/mol. The van der Waals surface area contributed by atoms with Gasteiger partial charge in [-0.25, -0.2) is 0 Å². The van der Waals surface area contributed by atoms with Crippen LogP contribution in [0.1, 0.15) is 36.0 Å². The van der Waals surface area contributed by atoms with E-state index in [2.05, 4.69) is 42.7 Å². The van der Waals surface area contributed by atoms with Crippen molar-refractivity contribution in [3.63, 3.8) is 0 Å². The molecule has 1 saturated heterocycles. The van der Waals surface area contributed by atoms with Crippen molar-refractivity contribution in [2.75, 3.05) is 6.54 Å². The van der Waals surface area contributed by atoms with Gasteiger partial charge in [0.05, 0.1) is 6.04 Å². The van der Waals surface area contributed by atoms with E-state index < -0.39 is 0 Å². The van der Waals surface area contributed by atoms with Crippen LogP contribution in [0.15, 0.2) is 18.2 Å². The van der Waals surface area contributed by atoms with Crippen molar-refractivity contribution >= 4 is 5.91 Å². The largest absolute Gasteiger partial charge is 0.351 e. The number of carbonyl (C=O) groups is 1.